The molecule has 0 saturated carbocycles. The molecule has 0 amide bonds. The third-order valence-electron chi connectivity index (χ3n) is 4.53. The molecule has 2 heteroatoms. The number of carboxylic acid groups (broad SMARTS) is 1. The number of carboxylic acids is 1. The van der Waals surface area contributed by atoms with Gasteiger partial charge in [0, 0.05) is 6.42 Å². The second-order valence-electron chi connectivity index (χ2n) is 7.14. The predicted molar refractivity (Wildman–Crippen MR) is 115 cm³/mol. The molecular formula is C24H42O2. The first-order chi connectivity index (χ1) is 12.8. The number of carbonyl (C=O) groups is 1. The maximum atomic E-state index is 10.4. The summed E-state index contributed by atoms with van der Waals surface area (Å²) in [5.41, 5.74) is 0. The van der Waals surface area contributed by atoms with Crippen molar-refractivity contribution in [1.82, 2.24) is 0 Å². The molecule has 0 rings (SSSR count). The Morgan fingerprint density at radius 2 is 1.04 bits per heavy atom. The Hall–Kier alpha value is -1.31. The molecule has 0 aromatic carbocycles. The van der Waals surface area contributed by atoms with E-state index >= 15 is 0 Å². The van der Waals surface area contributed by atoms with E-state index < -0.39 is 5.97 Å². The standard InChI is InChI=1S/C24H42O2/c1-2-3-4-5-6-7-8-9-10-11-12-13-14-15-16-17-18-19-20-21-22-23-24(25)26/h9-10,12-13,15-16H,2-8,11,14,17-23H2,1H3,(H,25,26)/b10-9-,13-12-,16-15-. The average molecular weight is 363 g/mol. The molecule has 0 aliphatic carbocycles. The topological polar surface area (TPSA) is 37.3 Å². The van der Waals surface area contributed by atoms with E-state index in [-0.39, 0.29) is 0 Å². The monoisotopic (exact) mass is 362 g/mol. The van der Waals surface area contributed by atoms with Crippen molar-refractivity contribution in [3.63, 3.8) is 0 Å². The van der Waals surface area contributed by atoms with Gasteiger partial charge in [0.1, 0.15) is 0 Å². The Morgan fingerprint density at radius 3 is 1.54 bits per heavy atom. The van der Waals surface area contributed by atoms with Crippen molar-refractivity contribution in [3.05, 3.63) is 36.5 Å². The lowest BCUT2D eigenvalue weighted by atomic mass is 10.1. The van der Waals surface area contributed by atoms with Gasteiger partial charge in [-0.15, -0.1) is 0 Å². The van der Waals surface area contributed by atoms with Gasteiger partial charge in [0.2, 0.25) is 0 Å². The zero-order chi connectivity index (χ0) is 19.1. The molecule has 0 aliphatic rings. The highest BCUT2D eigenvalue weighted by Gasteiger charge is 1.95. The van der Waals surface area contributed by atoms with Gasteiger partial charge in [-0.1, -0.05) is 94.7 Å². The van der Waals surface area contributed by atoms with Crippen molar-refractivity contribution in [2.75, 3.05) is 0 Å². The molecule has 0 atom stereocenters. The van der Waals surface area contributed by atoms with Crippen molar-refractivity contribution in [2.24, 2.45) is 0 Å². The first-order valence-corrected chi connectivity index (χ1v) is 10.9. The van der Waals surface area contributed by atoms with Gasteiger partial charge < -0.3 is 5.11 Å². The fourth-order valence-corrected chi connectivity index (χ4v) is 2.89. The quantitative estimate of drug-likeness (QED) is 0.187. The number of hydrogen-bond donors (Lipinski definition) is 1. The summed E-state index contributed by atoms with van der Waals surface area (Å²) in [6, 6.07) is 0. The zero-order valence-electron chi connectivity index (χ0n) is 17.1. The van der Waals surface area contributed by atoms with Crippen molar-refractivity contribution in [1.29, 1.82) is 0 Å². The van der Waals surface area contributed by atoms with E-state index in [1.165, 1.54) is 57.8 Å². The Kier molecular flexibility index (Phi) is 20.6. The largest absolute Gasteiger partial charge is 0.481 e. The molecule has 0 aliphatic heterocycles. The second kappa shape index (κ2) is 21.7. The van der Waals surface area contributed by atoms with Crippen LogP contribution in [-0.4, -0.2) is 11.1 Å². The molecule has 0 spiro atoms. The highest BCUT2D eigenvalue weighted by Crippen LogP contribution is 2.08. The summed E-state index contributed by atoms with van der Waals surface area (Å²) in [6.45, 7) is 2.27. The summed E-state index contributed by atoms with van der Waals surface area (Å²) < 4.78 is 0. The van der Waals surface area contributed by atoms with E-state index in [0.717, 1.165) is 38.5 Å². The van der Waals surface area contributed by atoms with E-state index in [4.69, 9.17) is 5.11 Å². The average Bonchev–Trinajstić information content (AvgIpc) is 2.62. The molecule has 0 heterocycles. The first kappa shape index (κ1) is 24.7. The van der Waals surface area contributed by atoms with Crippen LogP contribution in [0.3, 0.4) is 0 Å². The molecule has 26 heavy (non-hydrogen) atoms. The smallest absolute Gasteiger partial charge is 0.303 e. The molecule has 0 saturated heterocycles. The van der Waals surface area contributed by atoms with E-state index in [1.807, 2.05) is 0 Å². The third kappa shape index (κ3) is 22.7. The maximum Gasteiger partial charge on any atom is 0.303 e. The van der Waals surface area contributed by atoms with E-state index in [2.05, 4.69) is 43.4 Å². The molecule has 0 aromatic rings. The van der Waals surface area contributed by atoms with Gasteiger partial charge >= 0.3 is 5.97 Å². The fourth-order valence-electron chi connectivity index (χ4n) is 2.89. The van der Waals surface area contributed by atoms with E-state index in [9.17, 15) is 4.79 Å². The first-order valence-electron chi connectivity index (χ1n) is 10.9. The van der Waals surface area contributed by atoms with Crippen LogP contribution in [0.1, 0.15) is 110 Å². The number of allylic oxidation sites excluding steroid dienone is 6. The van der Waals surface area contributed by atoms with Crippen LogP contribution in [0.15, 0.2) is 36.5 Å². The molecule has 150 valence electrons. The van der Waals surface area contributed by atoms with Gasteiger partial charge in [-0.3, -0.25) is 4.79 Å². The summed E-state index contributed by atoms with van der Waals surface area (Å²) in [4.78, 5) is 10.4. The van der Waals surface area contributed by atoms with Crippen LogP contribution in [0.25, 0.3) is 0 Å². The van der Waals surface area contributed by atoms with Gasteiger partial charge in [0.25, 0.3) is 0 Å². The van der Waals surface area contributed by atoms with Gasteiger partial charge in [-0.25, -0.2) is 0 Å². The van der Waals surface area contributed by atoms with E-state index in [0.29, 0.717) is 6.42 Å². The molecule has 0 radical (unpaired) electrons. The third-order valence-corrected chi connectivity index (χ3v) is 4.53. The van der Waals surface area contributed by atoms with Gasteiger partial charge in [0.05, 0.1) is 0 Å². The fraction of sp³-hybridized carbons (Fsp3) is 0.708. The minimum atomic E-state index is -0.672. The summed E-state index contributed by atoms with van der Waals surface area (Å²) >= 11 is 0. The predicted octanol–water partition coefficient (Wildman–Crippen LogP) is 8.00. The lowest BCUT2D eigenvalue weighted by Crippen LogP contribution is -1.93. The molecule has 1 N–H and O–H groups in total. The summed E-state index contributed by atoms with van der Waals surface area (Å²) in [6.07, 6.45) is 32.1. The normalized spacial score (nSPS) is 12.0. The SMILES string of the molecule is CCCCCCCC/C=C\C/C=C\C/C=C\CCCCCCCC(=O)O. The van der Waals surface area contributed by atoms with E-state index in [1.54, 1.807) is 0 Å². The van der Waals surface area contributed by atoms with Crippen molar-refractivity contribution in [2.45, 2.75) is 110 Å². The zero-order valence-corrected chi connectivity index (χ0v) is 17.1. The second-order valence-corrected chi connectivity index (χ2v) is 7.14. The van der Waals surface area contributed by atoms with Crippen LogP contribution in [0, 0.1) is 0 Å². The van der Waals surface area contributed by atoms with Crippen LogP contribution in [-0.2, 0) is 4.79 Å². The van der Waals surface area contributed by atoms with Crippen LogP contribution in [0.5, 0.6) is 0 Å². The summed E-state index contributed by atoms with van der Waals surface area (Å²) in [5.74, 6) is -0.672. The lowest BCUT2D eigenvalue weighted by Gasteiger charge is -1.98. The molecule has 0 bridgehead atoms. The lowest BCUT2D eigenvalue weighted by molar-refractivity contribution is -0.137. The number of unbranched alkanes of at least 4 members (excludes halogenated alkanes) is 11. The molecular weight excluding hydrogens is 320 g/mol. The van der Waals surface area contributed by atoms with Crippen molar-refractivity contribution < 1.29 is 9.90 Å². The Labute approximate surface area is 162 Å². The summed E-state index contributed by atoms with van der Waals surface area (Å²) in [7, 11) is 0. The van der Waals surface area contributed by atoms with Crippen molar-refractivity contribution in [3.8, 4) is 0 Å². The van der Waals surface area contributed by atoms with Gasteiger partial charge in [0.15, 0.2) is 0 Å². The van der Waals surface area contributed by atoms with Crippen LogP contribution >= 0.6 is 0 Å². The number of hydrogen-bond acceptors (Lipinski definition) is 1. The minimum absolute atomic E-state index is 0.320. The number of rotatable bonds is 19. The molecule has 0 fully saturated rings. The van der Waals surface area contributed by atoms with Crippen LogP contribution < -0.4 is 0 Å². The molecule has 2 nitrogen and oxygen atoms in total. The Morgan fingerprint density at radius 1 is 0.615 bits per heavy atom. The maximum absolute atomic E-state index is 10.4. The minimum Gasteiger partial charge on any atom is -0.481 e. The highest BCUT2D eigenvalue weighted by atomic mass is 16.4. The Bertz CT molecular complexity index is 380. The van der Waals surface area contributed by atoms with Gasteiger partial charge in [-0.2, -0.15) is 0 Å². The highest BCUT2D eigenvalue weighted by molar-refractivity contribution is 5.66. The molecule has 0 unspecified atom stereocenters. The molecule has 0 aromatic heterocycles. The van der Waals surface area contributed by atoms with Crippen LogP contribution in [0.2, 0.25) is 0 Å². The summed E-state index contributed by atoms with van der Waals surface area (Å²) in [5, 5.41) is 8.55. The van der Waals surface area contributed by atoms with Crippen molar-refractivity contribution >= 4 is 5.97 Å². The van der Waals surface area contributed by atoms with Gasteiger partial charge in [-0.05, 0) is 44.9 Å². The number of aliphatic carboxylic acids is 1. The van der Waals surface area contributed by atoms with Crippen LogP contribution in [0.4, 0.5) is 0 Å². The Balaban J connectivity index is 3.27.